The van der Waals surface area contributed by atoms with Gasteiger partial charge in [0.15, 0.2) is 0 Å². The summed E-state index contributed by atoms with van der Waals surface area (Å²) in [5, 5.41) is 13.3. The van der Waals surface area contributed by atoms with Crippen LogP contribution in [0.2, 0.25) is 0 Å². The lowest BCUT2D eigenvalue weighted by Crippen LogP contribution is -2.19. The number of hydrogen-bond acceptors (Lipinski definition) is 5. The molecule has 11 heteroatoms. The number of aromatic amines is 1. The molecule has 4 aromatic rings. The van der Waals surface area contributed by atoms with Crippen molar-refractivity contribution in [2.45, 2.75) is 11.1 Å². The largest absolute Gasteiger partial charge is 0.417 e. The molecule has 0 unspecified atom stereocenters. The van der Waals surface area contributed by atoms with Gasteiger partial charge in [-0.1, -0.05) is 48.5 Å². The molecule has 4 rings (SSSR count). The number of nitrogens with one attached hydrogen (secondary N) is 2. The Bertz CT molecular complexity index is 1310. The first-order valence-corrected chi connectivity index (χ1v) is 10.4. The molecular weight excluding hydrogens is 431 g/mol. The summed E-state index contributed by atoms with van der Waals surface area (Å²) in [5.41, 5.74) is 0.166. The number of nitrogens with zero attached hydrogens (tertiary/aromatic N) is 3. The molecule has 31 heavy (non-hydrogen) atoms. The monoisotopic (exact) mass is 445 g/mol. The van der Waals surface area contributed by atoms with Crippen LogP contribution in [0.1, 0.15) is 5.56 Å². The van der Waals surface area contributed by atoms with Gasteiger partial charge >= 0.3 is 6.18 Å². The van der Waals surface area contributed by atoms with Gasteiger partial charge in [-0.25, -0.2) is 8.42 Å². The molecule has 158 valence electrons. The van der Waals surface area contributed by atoms with Gasteiger partial charge in [-0.05, 0) is 40.6 Å². The van der Waals surface area contributed by atoms with E-state index in [1.807, 2.05) is 0 Å². The fourth-order valence-corrected chi connectivity index (χ4v) is 4.31. The van der Waals surface area contributed by atoms with E-state index in [2.05, 4.69) is 25.3 Å². The van der Waals surface area contributed by atoms with E-state index in [1.165, 1.54) is 24.3 Å². The Kier molecular flexibility index (Phi) is 5.19. The van der Waals surface area contributed by atoms with Gasteiger partial charge in [-0.15, -0.1) is 10.2 Å². The lowest BCUT2D eigenvalue weighted by atomic mass is 10.0. The molecule has 0 radical (unpaired) electrons. The fraction of sp³-hybridized carbons (Fsp3) is 0.0500. The molecule has 2 N–H and O–H groups in total. The molecule has 0 saturated carbocycles. The zero-order valence-corrected chi connectivity index (χ0v) is 16.4. The number of rotatable bonds is 5. The van der Waals surface area contributed by atoms with Gasteiger partial charge in [-0.3, -0.25) is 4.72 Å². The Morgan fingerprint density at radius 1 is 0.839 bits per heavy atom. The highest BCUT2D eigenvalue weighted by molar-refractivity contribution is 7.92. The van der Waals surface area contributed by atoms with Crippen molar-refractivity contribution in [2.24, 2.45) is 0 Å². The third-order valence-corrected chi connectivity index (χ3v) is 5.82. The Morgan fingerprint density at radius 3 is 2.26 bits per heavy atom. The summed E-state index contributed by atoms with van der Waals surface area (Å²) in [6.07, 6.45) is -4.86. The summed E-state index contributed by atoms with van der Waals surface area (Å²) in [4.78, 5) is -0.869. The minimum Gasteiger partial charge on any atom is -0.280 e. The molecule has 0 atom stereocenters. The summed E-state index contributed by atoms with van der Waals surface area (Å²) in [7, 11) is -4.58. The number of aromatic nitrogens is 4. The van der Waals surface area contributed by atoms with Crippen LogP contribution in [0.15, 0.2) is 77.7 Å². The molecule has 0 aliphatic carbocycles. The molecule has 7 nitrogen and oxygen atoms in total. The molecule has 0 amide bonds. The zero-order valence-electron chi connectivity index (χ0n) is 15.6. The number of halogens is 3. The molecule has 0 fully saturated rings. The van der Waals surface area contributed by atoms with E-state index in [1.54, 1.807) is 36.4 Å². The highest BCUT2D eigenvalue weighted by atomic mass is 32.2. The summed E-state index contributed by atoms with van der Waals surface area (Å²) >= 11 is 0. The molecule has 0 bridgehead atoms. The number of sulfonamides is 1. The molecule has 0 aliphatic rings. The zero-order chi connectivity index (χ0) is 22.1. The van der Waals surface area contributed by atoms with Crippen molar-refractivity contribution in [3.63, 3.8) is 0 Å². The number of anilines is 1. The summed E-state index contributed by atoms with van der Waals surface area (Å²) in [5.74, 6) is 0.211. The van der Waals surface area contributed by atoms with Crippen LogP contribution in [0.5, 0.6) is 0 Å². The van der Waals surface area contributed by atoms with Crippen molar-refractivity contribution in [1.82, 2.24) is 20.6 Å². The van der Waals surface area contributed by atoms with Gasteiger partial charge in [0.25, 0.3) is 10.0 Å². The summed E-state index contributed by atoms with van der Waals surface area (Å²) in [6, 6.07) is 17.5. The van der Waals surface area contributed by atoms with E-state index >= 15 is 0 Å². The van der Waals surface area contributed by atoms with Crippen molar-refractivity contribution in [1.29, 1.82) is 0 Å². The lowest BCUT2D eigenvalue weighted by Gasteiger charge is -2.16. The van der Waals surface area contributed by atoms with Gasteiger partial charge in [0, 0.05) is 11.3 Å². The number of alkyl halides is 3. The number of benzene rings is 3. The summed E-state index contributed by atoms with van der Waals surface area (Å²) in [6.45, 7) is 0. The third-order valence-electron chi connectivity index (χ3n) is 4.40. The minimum atomic E-state index is -4.86. The van der Waals surface area contributed by atoms with Crippen molar-refractivity contribution in [3.05, 3.63) is 78.4 Å². The predicted octanol–water partition coefficient (Wildman–Crippen LogP) is 4.35. The van der Waals surface area contributed by atoms with Crippen molar-refractivity contribution >= 4 is 15.7 Å². The van der Waals surface area contributed by atoms with E-state index in [0.29, 0.717) is 16.7 Å². The number of H-pyrrole nitrogens is 1. The lowest BCUT2D eigenvalue weighted by molar-refractivity contribution is -0.139. The average Bonchev–Trinajstić information content (AvgIpc) is 3.28. The second-order valence-electron chi connectivity index (χ2n) is 6.50. The van der Waals surface area contributed by atoms with E-state index in [4.69, 9.17) is 0 Å². The standard InChI is InChI=1S/C20H14F3N5O2S/c21-20(22,23)17-10-9-14(13-5-2-1-3-6-13)12-18(17)31(29,30)26-16-8-4-7-15(11-16)19-24-27-28-25-19/h1-12,26H,(H,24,25,27,28). The van der Waals surface area contributed by atoms with Gasteiger partial charge in [0.05, 0.1) is 5.56 Å². The average molecular weight is 445 g/mol. The Labute approximate surface area is 175 Å². The van der Waals surface area contributed by atoms with E-state index in [9.17, 15) is 21.6 Å². The van der Waals surface area contributed by atoms with Crippen LogP contribution < -0.4 is 4.72 Å². The SMILES string of the molecule is O=S(=O)(Nc1cccc(-c2nn[nH]n2)c1)c1cc(-c2ccccc2)ccc1C(F)(F)F. The van der Waals surface area contributed by atoms with Crippen LogP contribution in [0.4, 0.5) is 18.9 Å². The minimum absolute atomic E-state index is 0.0561. The number of tetrazole rings is 1. The first-order valence-electron chi connectivity index (χ1n) is 8.87. The highest BCUT2D eigenvalue weighted by Gasteiger charge is 2.37. The maximum atomic E-state index is 13.6. The molecule has 0 spiro atoms. The Hall–Kier alpha value is -3.73. The van der Waals surface area contributed by atoms with E-state index in [-0.39, 0.29) is 11.5 Å². The van der Waals surface area contributed by atoms with Crippen molar-refractivity contribution < 1.29 is 21.6 Å². The van der Waals surface area contributed by atoms with Crippen LogP contribution in [-0.4, -0.2) is 29.0 Å². The normalized spacial score (nSPS) is 12.0. The molecule has 1 aromatic heterocycles. The molecule has 0 aliphatic heterocycles. The fourth-order valence-electron chi connectivity index (χ4n) is 3.01. The Morgan fingerprint density at radius 2 is 1.58 bits per heavy atom. The first-order chi connectivity index (χ1) is 14.7. The van der Waals surface area contributed by atoms with Crippen LogP contribution >= 0.6 is 0 Å². The third kappa shape index (κ3) is 4.40. The number of hydrogen-bond donors (Lipinski definition) is 2. The second-order valence-corrected chi connectivity index (χ2v) is 8.15. The van der Waals surface area contributed by atoms with Gasteiger partial charge in [0.1, 0.15) is 4.90 Å². The van der Waals surface area contributed by atoms with E-state index < -0.39 is 26.7 Å². The van der Waals surface area contributed by atoms with Crippen molar-refractivity contribution in [3.8, 4) is 22.5 Å². The predicted molar refractivity (Wildman–Crippen MR) is 107 cm³/mol. The first kappa shape index (κ1) is 20.5. The molecular formula is C20H14F3N5O2S. The van der Waals surface area contributed by atoms with Gasteiger partial charge in [-0.2, -0.15) is 18.4 Å². The van der Waals surface area contributed by atoms with Crippen LogP contribution in [0, 0.1) is 0 Å². The van der Waals surface area contributed by atoms with Gasteiger partial charge in [0.2, 0.25) is 5.82 Å². The molecule has 1 heterocycles. The highest BCUT2D eigenvalue weighted by Crippen LogP contribution is 2.37. The van der Waals surface area contributed by atoms with Gasteiger partial charge < -0.3 is 0 Å². The van der Waals surface area contributed by atoms with Crippen LogP contribution in [-0.2, 0) is 16.2 Å². The molecule has 0 saturated heterocycles. The topological polar surface area (TPSA) is 101 Å². The second kappa shape index (κ2) is 7.84. The maximum Gasteiger partial charge on any atom is 0.417 e. The smallest absolute Gasteiger partial charge is 0.280 e. The van der Waals surface area contributed by atoms with Crippen molar-refractivity contribution in [2.75, 3.05) is 4.72 Å². The van der Waals surface area contributed by atoms with Crippen LogP contribution in [0.3, 0.4) is 0 Å². The quantitative estimate of drug-likeness (QED) is 0.476. The van der Waals surface area contributed by atoms with E-state index in [0.717, 1.165) is 12.1 Å². The van der Waals surface area contributed by atoms with Crippen LogP contribution in [0.25, 0.3) is 22.5 Å². The maximum absolute atomic E-state index is 13.6. The molecule has 3 aromatic carbocycles. The summed E-state index contributed by atoms with van der Waals surface area (Å²) < 4.78 is 68.9. The Balaban J connectivity index is 1.77.